The van der Waals surface area contributed by atoms with Gasteiger partial charge in [-0.05, 0) is 59.7 Å². The van der Waals surface area contributed by atoms with E-state index in [1.807, 2.05) is 24.3 Å². The maximum absolute atomic E-state index is 9.50. The highest BCUT2D eigenvalue weighted by Crippen LogP contribution is 2.22. The van der Waals surface area contributed by atoms with Gasteiger partial charge in [-0.1, -0.05) is 24.3 Å². The van der Waals surface area contributed by atoms with Crippen molar-refractivity contribution in [3.63, 3.8) is 0 Å². The topological polar surface area (TPSA) is 53.4 Å². The summed E-state index contributed by atoms with van der Waals surface area (Å²) in [7, 11) is 0. The summed E-state index contributed by atoms with van der Waals surface area (Å²) in [6.07, 6.45) is 0. The number of phenolic OH excluding ortho intramolecular Hbond substituents is 2. The molecular weight excluding hydrogens is 424 g/mol. The molecule has 5 rings (SSSR count). The third-order valence-electron chi connectivity index (χ3n) is 7.01. The van der Waals surface area contributed by atoms with Gasteiger partial charge in [-0.2, -0.15) is 0 Å². The fourth-order valence-electron chi connectivity index (χ4n) is 4.92. The molecule has 3 aromatic rings. The number of hydrogen-bond donors (Lipinski definition) is 2. The summed E-state index contributed by atoms with van der Waals surface area (Å²) < 4.78 is 0. The normalized spacial score (nSPS) is 17.8. The van der Waals surface area contributed by atoms with Crippen LogP contribution in [0.1, 0.15) is 11.1 Å². The van der Waals surface area contributed by atoms with Crippen molar-refractivity contribution in [2.45, 2.75) is 13.1 Å². The Morgan fingerprint density at radius 2 is 0.765 bits per heavy atom. The summed E-state index contributed by atoms with van der Waals surface area (Å²) in [6.45, 7) is 10.2. The highest BCUT2D eigenvalue weighted by molar-refractivity contribution is 5.50. The Bertz CT molecular complexity index is 951. The first-order valence-corrected chi connectivity index (χ1v) is 12.2. The lowest BCUT2D eigenvalue weighted by Gasteiger charge is -2.36. The molecule has 0 spiro atoms. The number of nitrogens with zero attached hydrogens (tertiary/aromatic N) is 4. The summed E-state index contributed by atoms with van der Waals surface area (Å²) in [5.41, 5.74) is 5.12. The standard InChI is InChI=1S/C28H34N4O2/c33-27-9-5-25(6-10-27)31-17-13-29(14-18-31)21-23-1-2-24(4-3-23)22-30-15-19-32(20-16-30)26-7-11-28(34)12-8-26/h1-12,33-34H,13-22H2. The largest absolute Gasteiger partial charge is 0.508 e. The minimum absolute atomic E-state index is 0.321. The molecule has 2 saturated heterocycles. The summed E-state index contributed by atoms with van der Waals surface area (Å²) >= 11 is 0. The van der Waals surface area contributed by atoms with E-state index in [1.165, 1.54) is 22.5 Å². The first-order chi connectivity index (χ1) is 16.6. The van der Waals surface area contributed by atoms with Crippen LogP contribution in [0.25, 0.3) is 0 Å². The van der Waals surface area contributed by atoms with E-state index >= 15 is 0 Å². The number of aromatic hydroxyl groups is 2. The zero-order valence-corrected chi connectivity index (χ0v) is 19.7. The predicted octanol–water partition coefficient (Wildman–Crippen LogP) is 3.74. The number of anilines is 2. The molecule has 2 aliphatic heterocycles. The van der Waals surface area contributed by atoms with Crippen LogP contribution in [0.3, 0.4) is 0 Å². The molecule has 34 heavy (non-hydrogen) atoms. The Morgan fingerprint density at radius 1 is 0.441 bits per heavy atom. The molecule has 0 amide bonds. The average Bonchev–Trinajstić information content (AvgIpc) is 2.87. The van der Waals surface area contributed by atoms with Crippen molar-refractivity contribution >= 4 is 11.4 Å². The molecule has 0 bridgehead atoms. The maximum atomic E-state index is 9.50. The van der Waals surface area contributed by atoms with Gasteiger partial charge in [0.15, 0.2) is 0 Å². The van der Waals surface area contributed by atoms with Crippen LogP contribution in [0.2, 0.25) is 0 Å². The first kappa shape index (κ1) is 22.6. The lowest BCUT2D eigenvalue weighted by molar-refractivity contribution is 0.248. The van der Waals surface area contributed by atoms with Gasteiger partial charge >= 0.3 is 0 Å². The Morgan fingerprint density at radius 3 is 1.09 bits per heavy atom. The van der Waals surface area contributed by atoms with Crippen molar-refractivity contribution < 1.29 is 10.2 Å². The van der Waals surface area contributed by atoms with Gasteiger partial charge in [0.1, 0.15) is 11.5 Å². The van der Waals surface area contributed by atoms with Crippen LogP contribution in [0.15, 0.2) is 72.8 Å². The SMILES string of the molecule is Oc1ccc(N2CCN(Cc3ccc(CN4CCN(c5ccc(O)cc5)CC4)cc3)CC2)cc1. The van der Waals surface area contributed by atoms with Gasteiger partial charge in [0.05, 0.1) is 0 Å². The van der Waals surface area contributed by atoms with Gasteiger partial charge in [0.25, 0.3) is 0 Å². The molecule has 3 aromatic carbocycles. The van der Waals surface area contributed by atoms with Gasteiger partial charge < -0.3 is 20.0 Å². The van der Waals surface area contributed by atoms with Crippen molar-refractivity contribution in [1.82, 2.24) is 9.80 Å². The Hall–Kier alpha value is -3.22. The number of rotatable bonds is 6. The van der Waals surface area contributed by atoms with Gasteiger partial charge in [-0.15, -0.1) is 0 Å². The zero-order valence-electron chi connectivity index (χ0n) is 19.7. The van der Waals surface area contributed by atoms with Gasteiger partial charge in [0.2, 0.25) is 0 Å². The summed E-state index contributed by atoms with van der Waals surface area (Å²) in [5.74, 6) is 0.643. The van der Waals surface area contributed by atoms with Gasteiger partial charge in [-0.25, -0.2) is 0 Å². The molecule has 0 aromatic heterocycles. The molecule has 0 radical (unpaired) electrons. The lowest BCUT2D eigenvalue weighted by atomic mass is 10.1. The number of piperazine rings is 2. The third kappa shape index (κ3) is 5.64. The summed E-state index contributed by atoms with van der Waals surface area (Å²) in [5, 5.41) is 19.0. The lowest BCUT2D eigenvalue weighted by Crippen LogP contribution is -2.46. The van der Waals surface area contributed by atoms with Gasteiger partial charge in [0, 0.05) is 76.8 Å². The summed E-state index contributed by atoms with van der Waals surface area (Å²) in [6, 6.07) is 24.2. The van der Waals surface area contributed by atoms with Crippen LogP contribution in [0.5, 0.6) is 11.5 Å². The van der Waals surface area contributed by atoms with Gasteiger partial charge in [-0.3, -0.25) is 9.80 Å². The zero-order chi connectivity index (χ0) is 23.3. The molecule has 0 aliphatic carbocycles. The van der Waals surface area contributed by atoms with Crippen molar-refractivity contribution in [3.8, 4) is 11.5 Å². The Balaban J connectivity index is 1.06. The smallest absolute Gasteiger partial charge is 0.115 e. The monoisotopic (exact) mass is 458 g/mol. The number of phenols is 2. The van der Waals surface area contributed by atoms with Crippen molar-refractivity contribution in [3.05, 3.63) is 83.9 Å². The second-order valence-electron chi connectivity index (χ2n) is 9.38. The van der Waals surface area contributed by atoms with Crippen LogP contribution in [-0.2, 0) is 13.1 Å². The molecule has 6 heteroatoms. The fraction of sp³-hybridized carbons (Fsp3) is 0.357. The van der Waals surface area contributed by atoms with E-state index in [1.54, 1.807) is 24.3 Å². The van der Waals surface area contributed by atoms with E-state index in [2.05, 4.69) is 43.9 Å². The van der Waals surface area contributed by atoms with Crippen molar-refractivity contribution in [2.75, 3.05) is 62.2 Å². The molecule has 0 saturated carbocycles. The van der Waals surface area contributed by atoms with E-state index < -0.39 is 0 Å². The van der Waals surface area contributed by atoms with Crippen LogP contribution >= 0.6 is 0 Å². The van der Waals surface area contributed by atoms with E-state index in [4.69, 9.17) is 0 Å². The quantitative estimate of drug-likeness (QED) is 0.587. The summed E-state index contributed by atoms with van der Waals surface area (Å²) in [4.78, 5) is 9.82. The Kier molecular flexibility index (Phi) is 6.88. The number of benzene rings is 3. The average molecular weight is 459 g/mol. The van der Waals surface area contributed by atoms with Crippen LogP contribution in [0.4, 0.5) is 11.4 Å². The van der Waals surface area contributed by atoms with Crippen LogP contribution in [-0.4, -0.2) is 72.4 Å². The highest BCUT2D eigenvalue weighted by Gasteiger charge is 2.19. The predicted molar refractivity (Wildman–Crippen MR) is 138 cm³/mol. The van der Waals surface area contributed by atoms with Crippen LogP contribution in [0, 0.1) is 0 Å². The van der Waals surface area contributed by atoms with Crippen LogP contribution < -0.4 is 9.80 Å². The molecule has 2 aliphatic rings. The molecule has 178 valence electrons. The number of hydrogen-bond acceptors (Lipinski definition) is 6. The van der Waals surface area contributed by atoms with Crippen molar-refractivity contribution in [2.24, 2.45) is 0 Å². The fourth-order valence-corrected chi connectivity index (χ4v) is 4.92. The third-order valence-corrected chi connectivity index (χ3v) is 7.01. The van der Waals surface area contributed by atoms with E-state index in [0.717, 1.165) is 65.4 Å². The molecule has 2 N–H and O–H groups in total. The minimum atomic E-state index is 0.321. The molecule has 0 atom stereocenters. The Labute approximate surface area is 202 Å². The second-order valence-corrected chi connectivity index (χ2v) is 9.38. The molecular formula is C28H34N4O2. The molecule has 6 nitrogen and oxygen atoms in total. The second kappa shape index (κ2) is 10.4. The minimum Gasteiger partial charge on any atom is -0.508 e. The molecule has 2 heterocycles. The molecule has 2 fully saturated rings. The van der Waals surface area contributed by atoms with E-state index in [9.17, 15) is 10.2 Å². The van der Waals surface area contributed by atoms with E-state index in [0.29, 0.717) is 11.5 Å². The highest BCUT2D eigenvalue weighted by atomic mass is 16.3. The first-order valence-electron chi connectivity index (χ1n) is 12.2. The van der Waals surface area contributed by atoms with E-state index in [-0.39, 0.29) is 0 Å². The molecule has 0 unspecified atom stereocenters. The van der Waals surface area contributed by atoms with Crippen molar-refractivity contribution in [1.29, 1.82) is 0 Å². The maximum Gasteiger partial charge on any atom is 0.115 e.